The summed E-state index contributed by atoms with van der Waals surface area (Å²) in [6.07, 6.45) is 3.27. The van der Waals surface area contributed by atoms with E-state index in [0.29, 0.717) is 0 Å². The van der Waals surface area contributed by atoms with Crippen LogP contribution in [0.1, 0.15) is 23.6 Å². The van der Waals surface area contributed by atoms with Gasteiger partial charge in [-0.2, -0.15) is 5.10 Å². The molecule has 0 aliphatic rings. The number of rotatable bonds is 5. The molecule has 2 aromatic carbocycles. The number of benzene rings is 2. The summed E-state index contributed by atoms with van der Waals surface area (Å²) in [6.45, 7) is 7.97. The Kier molecular flexibility index (Phi) is 5.55. The van der Waals surface area contributed by atoms with Gasteiger partial charge < -0.3 is 5.32 Å². The number of anilines is 1. The molecule has 0 saturated carbocycles. The van der Waals surface area contributed by atoms with Crippen molar-refractivity contribution in [2.24, 2.45) is 0 Å². The molecular weight excluding hydrogens is 394 g/mol. The lowest BCUT2D eigenvalue weighted by molar-refractivity contribution is -0.115. The molecule has 1 atom stereocenters. The zero-order valence-electron chi connectivity index (χ0n) is 17.4. The molecule has 0 radical (unpaired) electrons. The SMILES string of the molecule is Cc1cc(C)c(NC(=O)[C@H](C)Sc2ncnc3c2cnn3-c2ccccc2)c(C)c1. The third-order valence-electron chi connectivity index (χ3n) is 4.91. The second kappa shape index (κ2) is 8.28. The third-order valence-corrected chi connectivity index (χ3v) is 6.03. The number of amides is 1. The Morgan fingerprint density at radius 3 is 2.47 bits per heavy atom. The van der Waals surface area contributed by atoms with Crippen molar-refractivity contribution in [2.75, 3.05) is 5.32 Å². The predicted molar refractivity (Wildman–Crippen MR) is 121 cm³/mol. The van der Waals surface area contributed by atoms with Gasteiger partial charge in [0.2, 0.25) is 5.91 Å². The average Bonchev–Trinajstić information content (AvgIpc) is 3.16. The van der Waals surface area contributed by atoms with Gasteiger partial charge in [0.25, 0.3) is 0 Å². The zero-order valence-corrected chi connectivity index (χ0v) is 18.2. The lowest BCUT2D eigenvalue weighted by Crippen LogP contribution is -2.23. The minimum absolute atomic E-state index is 0.0581. The number of thioether (sulfide) groups is 1. The summed E-state index contributed by atoms with van der Waals surface area (Å²) in [5.74, 6) is -0.0581. The highest BCUT2D eigenvalue weighted by Crippen LogP contribution is 2.30. The molecule has 4 rings (SSSR count). The fourth-order valence-corrected chi connectivity index (χ4v) is 4.38. The van der Waals surface area contributed by atoms with Crippen LogP contribution in [-0.2, 0) is 4.79 Å². The Bertz CT molecular complexity index is 1200. The number of hydrogen-bond donors (Lipinski definition) is 1. The summed E-state index contributed by atoms with van der Waals surface area (Å²) in [5, 5.41) is 8.79. The summed E-state index contributed by atoms with van der Waals surface area (Å²) < 4.78 is 1.78. The highest BCUT2D eigenvalue weighted by Gasteiger charge is 2.20. The molecule has 0 fully saturated rings. The van der Waals surface area contributed by atoms with E-state index in [2.05, 4.69) is 39.4 Å². The zero-order chi connectivity index (χ0) is 21.3. The van der Waals surface area contributed by atoms with E-state index in [-0.39, 0.29) is 11.2 Å². The van der Waals surface area contributed by atoms with Crippen molar-refractivity contribution in [3.63, 3.8) is 0 Å². The van der Waals surface area contributed by atoms with Crippen LogP contribution in [0, 0.1) is 20.8 Å². The first kappa shape index (κ1) is 20.1. The molecule has 152 valence electrons. The van der Waals surface area contributed by atoms with Crippen molar-refractivity contribution in [3.8, 4) is 5.69 Å². The minimum atomic E-state index is -0.330. The minimum Gasteiger partial charge on any atom is -0.325 e. The van der Waals surface area contributed by atoms with Crippen LogP contribution in [0.3, 0.4) is 0 Å². The molecule has 1 amide bonds. The number of hydrogen-bond acceptors (Lipinski definition) is 5. The number of aryl methyl sites for hydroxylation is 3. The number of nitrogens with zero attached hydrogens (tertiary/aromatic N) is 4. The number of fused-ring (bicyclic) bond motifs is 1. The number of aromatic nitrogens is 4. The van der Waals surface area contributed by atoms with Crippen molar-refractivity contribution >= 4 is 34.4 Å². The summed E-state index contributed by atoms with van der Waals surface area (Å²) >= 11 is 1.41. The molecule has 2 aromatic heterocycles. The Hall–Kier alpha value is -3.19. The Labute approximate surface area is 179 Å². The van der Waals surface area contributed by atoms with E-state index in [1.54, 1.807) is 10.9 Å². The highest BCUT2D eigenvalue weighted by atomic mass is 32.2. The molecule has 0 bridgehead atoms. The van der Waals surface area contributed by atoms with Crippen LogP contribution in [0.2, 0.25) is 0 Å². The van der Waals surface area contributed by atoms with Crippen molar-refractivity contribution in [3.05, 3.63) is 71.7 Å². The van der Waals surface area contributed by atoms with E-state index in [9.17, 15) is 4.79 Å². The normalized spacial score (nSPS) is 12.1. The summed E-state index contributed by atoms with van der Waals surface area (Å²) in [5.41, 5.74) is 5.83. The van der Waals surface area contributed by atoms with Crippen LogP contribution < -0.4 is 5.32 Å². The number of nitrogens with one attached hydrogen (secondary N) is 1. The van der Waals surface area contributed by atoms with Gasteiger partial charge in [0.1, 0.15) is 11.4 Å². The van der Waals surface area contributed by atoms with Gasteiger partial charge >= 0.3 is 0 Å². The fourth-order valence-electron chi connectivity index (χ4n) is 3.50. The second-order valence-electron chi connectivity index (χ2n) is 7.33. The smallest absolute Gasteiger partial charge is 0.237 e. The van der Waals surface area contributed by atoms with E-state index < -0.39 is 0 Å². The Morgan fingerprint density at radius 2 is 1.77 bits per heavy atom. The van der Waals surface area contributed by atoms with Crippen LogP contribution >= 0.6 is 11.8 Å². The van der Waals surface area contributed by atoms with E-state index in [0.717, 1.165) is 38.6 Å². The van der Waals surface area contributed by atoms with Gasteiger partial charge in [0.05, 0.1) is 22.5 Å². The molecule has 1 N–H and O–H groups in total. The molecule has 0 aliphatic heterocycles. The highest BCUT2D eigenvalue weighted by molar-refractivity contribution is 8.00. The maximum absolute atomic E-state index is 12.9. The molecule has 0 unspecified atom stereocenters. The maximum Gasteiger partial charge on any atom is 0.237 e. The molecule has 0 spiro atoms. The van der Waals surface area contributed by atoms with Crippen LogP contribution in [-0.4, -0.2) is 30.9 Å². The Balaban J connectivity index is 1.57. The lowest BCUT2D eigenvalue weighted by Gasteiger charge is -2.16. The monoisotopic (exact) mass is 417 g/mol. The van der Waals surface area contributed by atoms with Gasteiger partial charge in [0.15, 0.2) is 5.65 Å². The quantitative estimate of drug-likeness (QED) is 0.371. The van der Waals surface area contributed by atoms with Crippen molar-refractivity contribution in [1.82, 2.24) is 19.7 Å². The van der Waals surface area contributed by atoms with Crippen LogP contribution in [0.15, 0.2) is 60.0 Å². The molecule has 2 heterocycles. The van der Waals surface area contributed by atoms with E-state index in [4.69, 9.17) is 0 Å². The molecule has 6 nitrogen and oxygen atoms in total. The molecule has 7 heteroatoms. The average molecular weight is 418 g/mol. The summed E-state index contributed by atoms with van der Waals surface area (Å²) in [4.78, 5) is 21.7. The fraction of sp³-hybridized carbons (Fsp3) is 0.217. The van der Waals surface area contributed by atoms with E-state index in [1.165, 1.54) is 23.7 Å². The largest absolute Gasteiger partial charge is 0.325 e. The van der Waals surface area contributed by atoms with Gasteiger partial charge in [0, 0.05) is 5.69 Å². The van der Waals surface area contributed by atoms with Crippen LogP contribution in [0.25, 0.3) is 16.7 Å². The summed E-state index contributed by atoms with van der Waals surface area (Å²) in [6, 6.07) is 14.0. The predicted octanol–water partition coefficient (Wildman–Crippen LogP) is 4.86. The summed E-state index contributed by atoms with van der Waals surface area (Å²) in [7, 11) is 0. The lowest BCUT2D eigenvalue weighted by atomic mass is 10.1. The van der Waals surface area contributed by atoms with Crippen LogP contribution in [0.4, 0.5) is 5.69 Å². The molecular formula is C23H23N5OS. The van der Waals surface area contributed by atoms with Crippen molar-refractivity contribution in [2.45, 2.75) is 38.0 Å². The second-order valence-corrected chi connectivity index (χ2v) is 8.66. The van der Waals surface area contributed by atoms with E-state index in [1.807, 2.05) is 51.1 Å². The molecule has 0 aliphatic carbocycles. The number of carbonyl (C=O) groups excluding carboxylic acids is 1. The van der Waals surface area contributed by atoms with Crippen molar-refractivity contribution in [1.29, 1.82) is 0 Å². The molecule has 4 aromatic rings. The molecule has 30 heavy (non-hydrogen) atoms. The number of carbonyl (C=O) groups is 1. The topological polar surface area (TPSA) is 72.7 Å². The first-order valence-corrected chi connectivity index (χ1v) is 10.6. The van der Waals surface area contributed by atoms with Gasteiger partial charge in [-0.25, -0.2) is 14.6 Å². The number of para-hydroxylation sites is 1. The van der Waals surface area contributed by atoms with Gasteiger partial charge in [-0.15, -0.1) is 0 Å². The van der Waals surface area contributed by atoms with Gasteiger partial charge in [-0.1, -0.05) is 47.7 Å². The first-order chi connectivity index (χ1) is 14.4. The van der Waals surface area contributed by atoms with Crippen molar-refractivity contribution < 1.29 is 4.79 Å². The first-order valence-electron chi connectivity index (χ1n) is 9.73. The standard InChI is InChI=1S/C23H23N5OS/c1-14-10-15(2)20(16(3)11-14)27-22(29)17(4)30-23-19-12-26-28(21(19)24-13-25-23)18-8-6-5-7-9-18/h5-13,17H,1-4H3,(H,27,29)/t17-/m0/s1. The Morgan fingerprint density at radius 1 is 1.07 bits per heavy atom. The van der Waals surface area contributed by atoms with E-state index >= 15 is 0 Å². The van der Waals surface area contributed by atoms with Crippen LogP contribution in [0.5, 0.6) is 0 Å². The third kappa shape index (κ3) is 3.93. The van der Waals surface area contributed by atoms with Gasteiger partial charge in [-0.05, 0) is 51.0 Å². The molecule has 0 saturated heterocycles. The van der Waals surface area contributed by atoms with Gasteiger partial charge in [-0.3, -0.25) is 4.79 Å². The maximum atomic E-state index is 12.9.